The van der Waals surface area contributed by atoms with Gasteiger partial charge < -0.3 is 10.1 Å². The topological polar surface area (TPSA) is 41.6 Å². The Hall–Kier alpha value is -0.610. The number of rotatable bonds is 3. The van der Waals surface area contributed by atoms with E-state index in [1.54, 1.807) is 0 Å². The van der Waals surface area contributed by atoms with Crippen LogP contribution >= 0.6 is 0 Å². The molecule has 1 N–H and O–H groups in total. The molecule has 1 atom stereocenters. The van der Waals surface area contributed by atoms with Gasteiger partial charge in [0.15, 0.2) is 0 Å². The number of ether oxygens (including phenoxy) is 1. The fourth-order valence-corrected chi connectivity index (χ4v) is 1.90. The highest BCUT2D eigenvalue weighted by atomic mass is 16.6. The van der Waals surface area contributed by atoms with Crippen molar-refractivity contribution in [3.63, 3.8) is 0 Å². The van der Waals surface area contributed by atoms with Crippen LogP contribution in [0.4, 0.5) is 0 Å². The Morgan fingerprint density at radius 2 is 2.19 bits per heavy atom. The number of carbonyl (C=O) groups excluding carboxylic acids is 1. The molecule has 4 nitrogen and oxygen atoms in total. The van der Waals surface area contributed by atoms with Crippen LogP contribution in [0.3, 0.4) is 0 Å². The second kappa shape index (κ2) is 5.64. The first kappa shape index (κ1) is 13.5. The molecule has 0 aromatic heterocycles. The molecular formula is C12H24N2O2. The lowest BCUT2D eigenvalue weighted by molar-refractivity contribution is -0.162. The van der Waals surface area contributed by atoms with Crippen LogP contribution < -0.4 is 5.32 Å². The van der Waals surface area contributed by atoms with E-state index in [2.05, 4.69) is 17.1 Å². The highest BCUT2D eigenvalue weighted by molar-refractivity contribution is 5.76. The van der Waals surface area contributed by atoms with Crippen LogP contribution in [0.5, 0.6) is 0 Å². The molecular weight excluding hydrogens is 204 g/mol. The van der Waals surface area contributed by atoms with Gasteiger partial charge in [0.25, 0.3) is 0 Å². The van der Waals surface area contributed by atoms with Crippen LogP contribution in [0, 0.1) is 0 Å². The van der Waals surface area contributed by atoms with E-state index in [1.807, 2.05) is 20.8 Å². The molecule has 0 spiro atoms. The molecule has 1 rings (SSSR count). The first-order valence-corrected chi connectivity index (χ1v) is 6.11. The Morgan fingerprint density at radius 3 is 2.75 bits per heavy atom. The first-order valence-electron chi connectivity index (χ1n) is 6.11. The van der Waals surface area contributed by atoms with Crippen LogP contribution in [-0.4, -0.2) is 48.7 Å². The number of esters is 1. The summed E-state index contributed by atoms with van der Waals surface area (Å²) in [5, 5.41) is 3.25. The van der Waals surface area contributed by atoms with Gasteiger partial charge in [-0.15, -0.1) is 0 Å². The summed E-state index contributed by atoms with van der Waals surface area (Å²) in [7, 11) is 0. The third-order valence-corrected chi connectivity index (χ3v) is 2.54. The minimum Gasteiger partial charge on any atom is -0.459 e. The Bertz CT molecular complexity index is 234. The first-order chi connectivity index (χ1) is 7.44. The van der Waals surface area contributed by atoms with Crippen molar-refractivity contribution in [2.45, 2.75) is 45.8 Å². The van der Waals surface area contributed by atoms with Crippen molar-refractivity contribution in [1.82, 2.24) is 10.2 Å². The normalized spacial score (nSPS) is 23.1. The molecule has 0 saturated carbocycles. The number of hydrogen-bond donors (Lipinski definition) is 1. The van der Waals surface area contributed by atoms with E-state index in [1.165, 1.54) is 0 Å². The summed E-state index contributed by atoms with van der Waals surface area (Å²) in [6.07, 6.45) is 1.07. The summed E-state index contributed by atoms with van der Waals surface area (Å²) in [5.41, 5.74) is -0.396. The predicted octanol–water partition coefficient (Wildman–Crippen LogP) is 1.01. The van der Waals surface area contributed by atoms with Gasteiger partial charge >= 0.3 is 5.97 Å². The third-order valence-electron chi connectivity index (χ3n) is 2.54. The van der Waals surface area contributed by atoms with Gasteiger partial charge in [0.2, 0.25) is 0 Å². The van der Waals surface area contributed by atoms with E-state index < -0.39 is 5.60 Å². The van der Waals surface area contributed by atoms with Crippen molar-refractivity contribution >= 4 is 5.97 Å². The molecule has 0 aromatic carbocycles. The molecule has 1 aliphatic rings. The van der Waals surface area contributed by atoms with Gasteiger partial charge in [0.1, 0.15) is 11.6 Å². The molecule has 1 heterocycles. The van der Waals surface area contributed by atoms with Crippen LogP contribution in [0.15, 0.2) is 0 Å². The molecule has 1 fully saturated rings. The molecule has 0 aromatic rings. The Kier molecular flexibility index (Phi) is 4.74. The molecule has 0 bridgehead atoms. The maximum absolute atomic E-state index is 12.0. The monoisotopic (exact) mass is 228 g/mol. The quantitative estimate of drug-likeness (QED) is 0.732. The van der Waals surface area contributed by atoms with Gasteiger partial charge in [-0.2, -0.15) is 0 Å². The minimum atomic E-state index is -0.396. The van der Waals surface area contributed by atoms with Crippen LogP contribution in [0.2, 0.25) is 0 Å². The molecule has 4 heteroatoms. The molecule has 0 aliphatic carbocycles. The molecule has 1 saturated heterocycles. The Morgan fingerprint density at radius 1 is 1.50 bits per heavy atom. The number of carbonyl (C=O) groups is 1. The highest BCUT2D eigenvalue weighted by Crippen LogP contribution is 2.12. The van der Waals surface area contributed by atoms with Crippen LogP contribution in [0.1, 0.15) is 34.1 Å². The van der Waals surface area contributed by atoms with Crippen molar-refractivity contribution in [2.75, 3.05) is 26.2 Å². The summed E-state index contributed by atoms with van der Waals surface area (Å²) >= 11 is 0. The molecule has 16 heavy (non-hydrogen) atoms. The molecule has 0 amide bonds. The second-order valence-electron chi connectivity index (χ2n) is 5.29. The summed E-state index contributed by atoms with van der Waals surface area (Å²) in [6.45, 7) is 11.4. The van der Waals surface area contributed by atoms with E-state index in [0.717, 1.165) is 26.1 Å². The van der Waals surface area contributed by atoms with Crippen molar-refractivity contribution in [3.8, 4) is 0 Å². The number of hydrogen-bond acceptors (Lipinski definition) is 4. The van der Waals surface area contributed by atoms with Crippen molar-refractivity contribution in [1.29, 1.82) is 0 Å². The predicted molar refractivity (Wildman–Crippen MR) is 64.4 cm³/mol. The van der Waals surface area contributed by atoms with Gasteiger partial charge in [0.05, 0.1) is 0 Å². The van der Waals surface area contributed by atoms with Crippen LogP contribution in [0.25, 0.3) is 0 Å². The maximum atomic E-state index is 12.0. The van der Waals surface area contributed by atoms with Gasteiger partial charge in [-0.3, -0.25) is 9.69 Å². The Balaban J connectivity index is 2.57. The van der Waals surface area contributed by atoms with Gasteiger partial charge in [-0.05, 0) is 33.7 Å². The van der Waals surface area contributed by atoms with Crippen molar-refractivity contribution in [3.05, 3.63) is 0 Å². The van der Waals surface area contributed by atoms with E-state index in [4.69, 9.17) is 4.74 Å². The lowest BCUT2D eigenvalue weighted by atomic mass is 10.1. The number of piperazine rings is 1. The van der Waals surface area contributed by atoms with E-state index in [-0.39, 0.29) is 12.0 Å². The van der Waals surface area contributed by atoms with E-state index in [0.29, 0.717) is 6.54 Å². The lowest BCUT2D eigenvalue weighted by Gasteiger charge is -2.35. The third kappa shape index (κ3) is 4.10. The zero-order valence-electron chi connectivity index (χ0n) is 10.9. The highest BCUT2D eigenvalue weighted by Gasteiger charge is 2.31. The smallest absolute Gasteiger partial charge is 0.325 e. The fourth-order valence-electron chi connectivity index (χ4n) is 1.90. The van der Waals surface area contributed by atoms with Crippen molar-refractivity contribution < 1.29 is 9.53 Å². The zero-order valence-corrected chi connectivity index (χ0v) is 10.9. The van der Waals surface area contributed by atoms with E-state index >= 15 is 0 Å². The average Bonchev–Trinajstić information content (AvgIpc) is 2.16. The zero-order chi connectivity index (χ0) is 12.2. The molecule has 1 unspecified atom stereocenters. The van der Waals surface area contributed by atoms with Crippen LogP contribution in [-0.2, 0) is 9.53 Å². The van der Waals surface area contributed by atoms with Crippen molar-refractivity contribution in [2.24, 2.45) is 0 Å². The SMILES string of the molecule is CCCN1CCNCC1C(=O)OC(C)(C)C. The second-order valence-corrected chi connectivity index (χ2v) is 5.29. The van der Waals surface area contributed by atoms with Gasteiger partial charge in [0, 0.05) is 19.6 Å². The molecule has 0 radical (unpaired) electrons. The largest absolute Gasteiger partial charge is 0.459 e. The van der Waals surface area contributed by atoms with Gasteiger partial charge in [-0.1, -0.05) is 6.92 Å². The van der Waals surface area contributed by atoms with Gasteiger partial charge in [-0.25, -0.2) is 0 Å². The minimum absolute atomic E-state index is 0.104. The Labute approximate surface area is 98.3 Å². The summed E-state index contributed by atoms with van der Waals surface area (Å²) in [6, 6.07) is -0.118. The standard InChI is InChI=1S/C12H24N2O2/c1-5-7-14-8-6-13-9-10(14)11(15)16-12(2,3)4/h10,13H,5-9H2,1-4H3. The molecule has 1 aliphatic heterocycles. The average molecular weight is 228 g/mol. The molecule has 94 valence electrons. The summed E-state index contributed by atoms with van der Waals surface area (Å²) in [4.78, 5) is 14.2. The summed E-state index contributed by atoms with van der Waals surface area (Å²) < 4.78 is 5.43. The lowest BCUT2D eigenvalue weighted by Crippen LogP contribution is -2.56. The fraction of sp³-hybridized carbons (Fsp3) is 0.917. The summed E-state index contributed by atoms with van der Waals surface area (Å²) in [5.74, 6) is -0.104. The number of nitrogens with one attached hydrogen (secondary N) is 1. The number of nitrogens with zero attached hydrogens (tertiary/aromatic N) is 1. The maximum Gasteiger partial charge on any atom is 0.325 e. The van der Waals surface area contributed by atoms with E-state index in [9.17, 15) is 4.79 Å².